The highest BCUT2D eigenvalue weighted by Gasteiger charge is 2.22. The number of hydrogen-bond acceptors (Lipinski definition) is 4. The molecule has 0 aliphatic rings. The van der Waals surface area contributed by atoms with E-state index in [1.807, 2.05) is 48.2 Å². The third kappa shape index (κ3) is 3.31. The molecule has 1 N–H and O–H groups in total. The van der Waals surface area contributed by atoms with Crippen LogP contribution < -0.4 is 10.2 Å². The monoisotopic (exact) mass is 285 g/mol. The van der Waals surface area contributed by atoms with Crippen molar-refractivity contribution in [3.05, 3.63) is 64.2 Å². The molecule has 0 heterocycles. The summed E-state index contributed by atoms with van der Waals surface area (Å²) in [6, 6.07) is 15.3. The van der Waals surface area contributed by atoms with E-state index in [4.69, 9.17) is 0 Å². The zero-order valence-corrected chi connectivity index (χ0v) is 12.2. The fraction of sp³-hybridized carbons (Fsp3) is 0.250. The molecular formula is C16H19N3O2. The Morgan fingerprint density at radius 3 is 2.43 bits per heavy atom. The molecule has 0 aliphatic carbocycles. The van der Waals surface area contributed by atoms with Gasteiger partial charge in [0.2, 0.25) is 0 Å². The lowest BCUT2D eigenvalue weighted by molar-refractivity contribution is -0.383. The molecule has 110 valence electrons. The van der Waals surface area contributed by atoms with E-state index in [9.17, 15) is 10.1 Å². The fourth-order valence-electron chi connectivity index (χ4n) is 2.35. The molecule has 2 aromatic rings. The molecular weight excluding hydrogens is 266 g/mol. The van der Waals surface area contributed by atoms with Crippen LogP contribution >= 0.6 is 0 Å². The summed E-state index contributed by atoms with van der Waals surface area (Å²) in [5.41, 5.74) is 2.42. The van der Waals surface area contributed by atoms with Gasteiger partial charge in [0.25, 0.3) is 0 Å². The van der Waals surface area contributed by atoms with Crippen LogP contribution in [0.3, 0.4) is 0 Å². The van der Waals surface area contributed by atoms with Crippen LogP contribution in [-0.2, 0) is 6.54 Å². The highest BCUT2D eigenvalue weighted by molar-refractivity contribution is 5.76. The summed E-state index contributed by atoms with van der Waals surface area (Å²) < 4.78 is 0. The molecule has 0 bridgehead atoms. The molecule has 2 aromatic carbocycles. The maximum atomic E-state index is 11.4. The molecule has 0 fully saturated rings. The summed E-state index contributed by atoms with van der Waals surface area (Å²) in [6.45, 7) is 3.34. The van der Waals surface area contributed by atoms with Crippen LogP contribution in [0.5, 0.6) is 0 Å². The summed E-state index contributed by atoms with van der Waals surface area (Å²) >= 11 is 0. The van der Waals surface area contributed by atoms with Crippen molar-refractivity contribution >= 4 is 17.1 Å². The van der Waals surface area contributed by atoms with Gasteiger partial charge in [-0.1, -0.05) is 36.4 Å². The molecule has 0 aliphatic heterocycles. The second-order valence-electron chi connectivity index (χ2n) is 4.68. The molecule has 5 nitrogen and oxygen atoms in total. The van der Waals surface area contributed by atoms with Crippen molar-refractivity contribution in [1.82, 2.24) is 0 Å². The maximum Gasteiger partial charge on any atom is 0.315 e. The van der Waals surface area contributed by atoms with Crippen LogP contribution in [0.25, 0.3) is 0 Å². The van der Waals surface area contributed by atoms with Crippen molar-refractivity contribution in [3.8, 4) is 0 Å². The van der Waals surface area contributed by atoms with Gasteiger partial charge in [0.1, 0.15) is 11.4 Å². The van der Waals surface area contributed by atoms with E-state index in [0.717, 1.165) is 5.56 Å². The first-order chi connectivity index (χ1) is 10.2. The smallest absolute Gasteiger partial charge is 0.315 e. The topological polar surface area (TPSA) is 58.4 Å². The number of nitrogens with zero attached hydrogens (tertiary/aromatic N) is 2. The van der Waals surface area contributed by atoms with E-state index in [1.165, 1.54) is 0 Å². The Kier molecular flexibility index (Phi) is 4.77. The molecule has 0 spiro atoms. The number of benzene rings is 2. The van der Waals surface area contributed by atoms with Crippen molar-refractivity contribution in [2.24, 2.45) is 0 Å². The second kappa shape index (κ2) is 6.74. The van der Waals surface area contributed by atoms with E-state index in [1.54, 1.807) is 19.2 Å². The molecule has 0 unspecified atom stereocenters. The second-order valence-corrected chi connectivity index (χ2v) is 4.68. The standard InChI is InChI=1S/C16H19N3O2/c1-3-18(12-13-8-5-4-6-9-13)15-11-7-10-14(17-2)16(15)19(20)21/h4-11,17H,3,12H2,1-2H3. The van der Waals surface area contributed by atoms with Crippen molar-refractivity contribution in [2.45, 2.75) is 13.5 Å². The average molecular weight is 285 g/mol. The summed E-state index contributed by atoms with van der Waals surface area (Å²) in [5, 5.41) is 14.3. The molecule has 0 saturated carbocycles. The molecule has 0 atom stereocenters. The lowest BCUT2D eigenvalue weighted by Gasteiger charge is -2.23. The predicted octanol–water partition coefficient (Wildman–Crippen LogP) is 3.66. The molecule has 0 radical (unpaired) electrons. The first kappa shape index (κ1) is 14.8. The summed E-state index contributed by atoms with van der Waals surface area (Å²) in [7, 11) is 1.69. The summed E-state index contributed by atoms with van der Waals surface area (Å²) in [5.74, 6) is 0. The molecule has 2 rings (SSSR count). The van der Waals surface area contributed by atoms with Gasteiger partial charge in [-0.05, 0) is 24.6 Å². The number of nitrogens with one attached hydrogen (secondary N) is 1. The molecule has 0 saturated heterocycles. The van der Waals surface area contributed by atoms with Crippen molar-refractivity contribution in [1.29, 1.82) is 0 Å². The van der Waals surface area contributed by atoms with Crippen LogP contribution in [0.15, 0.2) is 48.5 Å². The van der Waals surface area contributed by atoms with Crippen LogP contribution in [-0.4, -0.2) is 18.5 Å². The van der Waals surface area contributed by atoms with Gasteiger partial charge >= 0.3 is 5.69 Å². The van der Waals surface area contributed by atoms with Crippen LogP contribution in [0.4, 0.5) is 17.1 Å². The van der Waals surface area contributed by atoms with Gasteiger partial charge in [-0.25, -0.2) is 0 Å². The van der Waals surface area contributed by atoms with Gasteiger partial charge in [-0.15, -0.1) is 0 Å². The average Bonchev–Trinajstić information content (AvgIpc) is 2.52. The highest BCUT2D eigenvalue weighted by atomic mass is 16.6. The first-order valence-electron chi connectivity index (χ1n) is 6.91. The Bertz CT molecular complexity index is 614. The van der Waals surface area contributed by atoms with Gasteiger partial charge in [-0.2, -0.15) is 0 Å². The van der Waals surface area contributed by atoms with E-state index < -0.39 is 0 Å². The van der Waals surface area contributed by atoms with Crippen LogP contribution in [0, 0.1) is 10.1 Å². The zero-order chi connectivity index (χ0) is 15.2. The van der Waals surface area contributed by atoms with E-state index in [-0.39, 0.29) is 10.6 Å². The van der Waals surface area contributed by atoms with Crippen molar-refractivity contribution in [2.75, 3.05) is 23.8 Å². The van der Waals surface area contributed by atoms with E-state index in [0.29, 0.717) is 24.5 Å². The lowest BCUT2D eigenvalue weighted by Crippen LogP contribution is -2.23. The predicted molar refractivity (Wildman–Crippen MR) is 85.8 cm³/mol. The summed E-state index contributed by atoms with van der Waals surface area (Å²) in [4.78, 5) is 13.1. The molecule has 21 heavy (non-hydrogen) atoms. The van der Waals surface area contributed by atoms with Gasteiger partial charge in [0, 0.05) is 20.1 Å². The number of para-hydroxylation sites is 1. The van der Waals surface area contributed by atoms with Crippen LogP contribution in [0.2, 0.25) is 0 Å². The SMILES string of the molecule is CCN(Cc1ccccc1)c1cccc(NC)c1[N+](=O)[O-]. The largest absolute Gasteiger partial charge is 0.382 e. The minimum atomic E-state index is -0.325. The Labute approximate surface area is 124 Å². The zero-order valence-electron chi connectivity index (χ0n) is 12.2. The lowest BCUT2D eigenvalue weighted by atomic mass is 10.1. The van der Waals surface area contributed by atoms with Crippen molar-refractivity contribution in [3.63, 3.8) is 0 Å². The molecule has 5 heteroatoms. The Morgan fingerprint density at radius 1 is 1.14 bits per heavy atom. The van der Waals surface area contributed by atoms with Gasteiger partial charge in [0.05, 0.1) is 4.92 Å². The van der Waals surface area contributed by atoms with Crippen LogP contribution in [0.1, 0.15) is 12.5 Å². The summed E-state index contributed by atoms with van der Waals surface area (Å²) in [6.07, 6.45) is 0. The van der Waals surface area contributed by atoms with E-state index >= 15 is 0 Å². The maximum absolute atomic E-state index is 11.4. The minimum absolute atomic E-state index is 0.123. The van der Waals surface area contributed by atoms with E-state index in [2.05, 4.69) is 5.32 Å². The Balaban J connectivity index is 2.40. The third-order valence-electron chi connectivity index (χ3n) is 3.41. The third-order valence-corrected chi connectivity index (χ3v) is 3.41. The van der Waals surface area contributed by atoms with Gasteiger partial charge in [0.15, 0.2) is 0 Å². The number of anilines is 2. The quantitative estimate of drug-likeness (QED) is 0.650. The fourth-order valence-corrected chi connectivity index (χ4v) is 2.35. The Hall–Kier alpha value is -2.56. The molecule has 0 aromatic heterocycles. The molecule has 0 amide bonds. The minimum Gasteiger partial charge on any atom is -0.382 e. The number of nitro groups is 1. The van der Waals surface area contributed by atoms with Gasteiger partial charge < -0.3 is 10.2 Å². The number of rotatable bonds is 6. The highest BCUT2D eigenvalue weighted by Crippen LogP contribution is 2.35. The number of nitro benzene ring substituents is 1. The van der Waals surface area contributed by atoms with Crippen molar-refractivity contribution < 1.29 is 4.92 Å². The van der Waals surface area contributed by atoms with Gasteiger partial charge in [-0.3, -0.25) is 10.1 Å². The number of hydrogen-bond donors (Lipinski definition) is 1. The first-order valence-corrected chi connectivity index (χ1v) is 6.91. The normalized spacial score (nSPS) is 10.2. The Morgan fingerprint density at radius 2 is 1.86 bits per heavy atom.